The van der Waals surface area contributed by atoms with Crippen molar-refractivity contribution in [3.63, 3.8) is 0 Å². The van der Waals surface area contributed by atoms with Crippen LogP contribution in [0.3, 0.4) is 0 Å². The maximum absolute atomic E-state index is 10.8. The summed E-state index contributed by atoms with van der Waals surface area (Å²) >= 11 is 0. The molecule has 1 heterocycles. The van der Waals surface area contributed by atoms with Crippen LogP contribution in [0.2, 0.25) is 0 Å². The molecule has 1 aliphatic heterocycles. The quantitative estimate of drug-likeness (QED) is 0.448. The minimum atomic E-state index is -0.0448. The lowest BCUT2D eigenvalue weighted by molar-refractivity contribution is -0.142. The van der Waals surface area contributed by atoms with E-state index in [0.717, 1.165) is 19.3 Å². The number of cyclic esters (lactones) is 1. The van der Waals surface area contributed by atoms with Crippen LogP contribution in [0.25, 0.3) is 0 Å². The lowest BCUT2D eigenvalue weighted by atomic mass is 9.97. The summed E-state index contributed by atoms with van der Waals surface area (Å²) in [5.41, 5.74) is 0. The van der Waals surface area contributed by atoms with Crippen LogP contribution in [0.4, 0.5) is 0 Å². The predicted octanol–water partition coefficient (Wildman–Crippen LogP) is 1.91. The van der Waals surface area contributed by atoms with Gasteiger partial charge in [-0.1, -0.05) is 6.08 Å². The summed E-state index contributed by atoms with van der Waals surface area (Å²) in [7, 11) is 0. The van der Waals surface area contributed by atoms with E-state index in [1.807, 2.05) is 6.08 Å². The fourth-order valence-corrected chi connectivity index (χ4v) is 1.35. The summed E-state index contributed by atoms with van der Waals surface area (Å²) in [5.74, 6) is 0.565. The maximum Gasteiger partial charge on any atom is 0.305 e. The lowest BCUT2D eigenvalue weighted by Gasteiger charge is -2.07. The average Bonchev–Trinajstić information content (AvgIpc) is 2.17. The highest BCUT2D eigenvalue weighted by Gasteiger charge is 2.15. The number of allylic oxidation sites excluding steroid dienone is 1. The van der Waals surface area contributed by atoms with Gasteiger partial charge in [0.25, 0.3) is 0 Å². The number of hydrogen-bond acceptors (Lipinski definition) is 2. The number of carbonyl (C=O) groups is 1. The van der Waals surface area contributed by atoms with Crippen LogP contribution in [0.15, 0.2) is 12.7 Å². The fourth-order valence-electron chi connectivity index (χ4n) is 1.35. The SMILES string of the molecule is C=CC[C@@H]1CCOC(=O)CC1. The molecule has 0 aliphatic carbocycles. The van der Waals surface area contributed by atoms with E-state index in [2.05, 4.69) is 6.58 Å². The molecule has 0 aromatic carbocycles. The third-order valence-corrected chi connectivity index (χ3v) is 2.05. The molecule has 1 saturated heterocycles. The fraction of sp³-hybridized carbons (Fsp3) is 0.667. The molecule has 1 aliphatic rings. The molecule has 0 unspecified atom stereocenters. The molecule has 62 valence electrons. The second-order valence-electron chi connectivity index (χ2n) is 2.94. The smallest absolute Gasteiger partial charge is 0.305 e. The number of esters is 1. The Morgan fingerprint density at radius 3 is 3.18 bits per heavy atom. The second kappa shape index (κ2) is 4.16. The van der Waals surface area contributed by atoms with E-state index in [1.165, 1.54) is 0 Å². The molecular weight excluding hydrogens is 140 g/mol. The molecule has 1 rings (SSSR count). The van der Waals surface area contributed by atoms with Gasteiger partial charge < -0.3 is 4.74 Å². The van der Waals surface area contributed by atoms with Crippen molar-refractivity contribution in [1.82, 2.24) is 0 Å². The predicted molar refractivity (Wildman–Crippen MR) is 43.1 cm³/mol. The van der Waals surface area contributed by atoms with Gasteiger partial charge in [0.2, 0.25) is 0 Å². The van der Waals surface area contributed by atoms with E-state index in [0.29, 0.717) is 18.9 Å². The first-order valence-corrected chi connectivity index (χ1v) is 4.09. The molecule has 0 bridgehead atoms. The van der Waals surface area contributed by atoms with Crippen molar-refractivity contribution in [2.45, 2.75) is 25.7 Å². The highest BCUT2D eigenvalue weighted by molar-refractivity contribution is 5.69. The van der Waals surface area contributed by atoms with Crippen molar-refractivity contribution in [2.24, 2.45) is 5.92 Å². The van der Waals surface area contributed by atoms with Gasteiger partial charge >= 0.3 is 5.97 Å². The van der Waals surface area contributed by atoms with E-state index in [4.69, 9.17) is 4.74 Å². The molecule has 0 spiro atoms. The van der Waals surface area contributed by atoms with Crippen molar-refractivity contribution in [3.8, 4) is 0 Å². The molecule has 0 aromatic heterocycles. The van der Waals surface area contributed by atoms with E-state index in [-0.39, 0.29) is 5.97 Å². The van der Waals surface area contributed by atoms with Crippen molar-refractivity contribution < 1.29 is 9.53 Å². The van der Waals surface area contributed by atoms with Gasteiger partial charge in [-0.15, -0.1) is 6.58 Å². The topological polar surface area (TPSA) is 26.3 Å². The van der Waals surface area contributed by atoms with Crippen molar-refractivity contribution >= 4 is 5.97 Å². The highest BCUT2D eigenvalue weighted by Crippen LogP contribution is 2.19. The average molecular weight is 154 g/mol. The summed E-state index contributed by atoms with van der Waals surface area (Å²) in [6.45, 7) is 4.27. The number of carbonyl (C=O) groups excluding carboxylic acids is 1. The molecule has 1 atom stereocenters. The Hall–Kier alpha value is -0.790. The molecule has 11 heavy (non-hydrogen) atoms. The summed E-state index contributed by atoms with van der Waals surface area (Å²) in [4.78, 5) is 10.8. The molecule has 0 amide bonds. The monoisotopic (exact) mass is 154 g/mol. The lowest BCUT2D eigenvalue weighted by Crippen LogP contribution is -2.00. The Labute approximate surface area is 67.2 Å². The zero-order valence-electron chi connectivity index (χ0n) is 6.71. The van der Waals surface area contributed by atoms with Gasteiger partial charge in [0.05, 0.1) is 6.61 Å². The zero-order chi connectivity index (χ0) is 8.10. The van der Waals surface area contributed by atoms with E-state index < -0.39 is 0 Å². The van der Waals surface area contributed by atoms with Gasteiger partial charge in [0.1, 0.15) is 0 Å². The first kappa shape index (κ1) is 8.31. The molecule has 0 radical (unpaired) electrons. The van der Waals surface area contributed by atoms with Crippen molar-refractivity contribution in [3.05, 3.63) is 12.7 Å². The third-order valence-electron chi connectivity index (χ3n) is 2.05. The molecule has 1 fully saturated rings. The minimum Gasteiger partial charge on any atom is -0.466 e. The molecule has 0 saturated carbocycles. The van der Waals surface area contributed by atoms with Gasteiger partial charge in [0.15, 0.2) is 0 Å². The van der Waals surface area contributed by atoms with Crippen LogP contribution in [0, 0.1) is 5.92 Å². The van der Waals surface area contributed by atoms with Crippen molar-refractivity contribution in [1.29, 1.82) is 0 Å². The minimum absolute atomic E-state index is 0.0448. The van der Waals surface area contributed by atoms with Crippen LogP contribution in [-0.4, -0.2) is 12.6 Å². The number of rotatable bonds is 2. The third kappa shape index (κ3) is 2.74. The highest BCUT2D eigenvalue weighted by atomic mass is 16.5. The Balaban J connectivity index is 2.33. The Morgan fingerprint density at radius 1 is 1.64 bits per heavy atom. The van der Waals surface area contributed by atoms with Crippen LogP contribution >= 0.6 is 0 Å². The zero-order valence-corrected chi connectivity index (χ0v) is 6.71. The second-order valence-corrected chi connectivity index (χ2v) is 2.94. The summed E-state index contributed by atoms with van der Waals surface area (Å²) in [6.07, 6.45) is 5.47. The van der Waals surface area contributed by atoms with Gasteiger partial charge in [-0.2, -0.15) is 0 Å². The Kier molecular flexibility index (Phi) is 3.14. The normalized spacial score (nSPS) is 25.5. The summed E-state index contributed by atoms with van der Waals surface area (Å²) < 4.78 is 4.91. The first-order chi connectivity index (χ1) is 5.33. The first-order valence-electron chi connectivity index (χ1n) is 4.09. The van der Waals surface area contributed by atoms with Crippen molar-refractivity contribution in [2.75, 3.05) is 6.61 Å². The molecular formula is C9H14O2. The largest absolute Gasteiger partial charge is 0.466 e. The maximum atomic E-state index is 10.8. The van der Waals surface area contributed by atoms with E-state index >= 15 is 0 Å². The van der Waals surface area contributed by atoms with Gasteiger partial charge in [-0.25, -0.2) is 0 Å². The van der Waals surface area contributed by atoms with Crippen LogP contribution in [-0.2, 0) is 9.53 Å². The van der Waals surface area contributed by atoms with Crippen LogP contribution < -0.4 is 0 Å². The number of ether oxygens (including phenoxy) is 1. The Morgan fingerprint density at radius 2 is 2.45 bits per heavy atom. The molecule has 0 N–H and O–H groups in total. The van der Waals surface area contributed by atoms with Gasteiger partial charge in [0, 0.05) is 6.42 Å². The van der Waals surface area contributed by atoms with Gasteiger partial charge in [-0.05, 0) is 25.2 Å². The molecule has 2 nitrogen and oxygen atoms in total. The molecule has 0 aromatic rings. The van der Waals surface area contributed by atoms with Crippen LogP contribution in [0.5, 0.6) is 0 Å². The molecule has 2 heteroatoms. The van der Waals surface area contributed by atoms with Gasteiger partial charge in [-0.3, -0.25) is 4.79 Å². The van der Waals surface area contributed by atoms with Crippen LogP contribution in [0.1, 0.15) is 25.7 Å². The summed E-state index contributed by atoms with van der Waals surface area (Å²) in [6, 6.07) is 0. The van der Waals surface area contributed by atoms with E-state index in [9.17, 15) is 4.79 Å². The standard InChI is InChI=1S/C9H14O2/c1-2-3-8-4-5-9(10)11-7-6-8/h2,8H,1,3-7H2/t8-/m0/s1. The van der Waals surface area contributed by atoms with E-state index in [1.54, 1.807) is 0 Å². The summed E-state index contributed by atoms with van der Waals surface area (Å²) in [5, 5.41) is 0. The number of hydrogen-bond donors (Lipinski definition) is 0. The Bertz CT molecular complexity index is 152.